The van der Waals surface area contributed by atoms with Crippen LogP contribution in [-0.2, 0) is 9.47 Å². The van der Waals surface area contributed by atoms with E-state index in [1.807, 2.05) is 0 Å². The summed E-state index contributed by atoms with van der Waals surface area (Å²) < 4.78 is 9.68. The van der Waals surface area contributed by atoms with Gasteiger partial charge in [-0.05, 0) is 27.7 Å². The Bertz CT molecular complexity index is 154. The molecule has 0 spiro atoms. The molecule has 0 rings (SSSR count). The Morgan fingerprint density at radius 3 is 2.33 bits per heavy atom. The predicted octanol–water partition coefficient (Wildman–Crippen LogP) is 1.29. The fraction of sp³-hybridized carbons (Fsp3) is 0.875. The molecule has 0 aromatic carbocycles. The summed E-state index contributed by atoms with van der Waals surface area (Å²) in [7, 11) is 0. The summed E-state index contributed by atoms with van der Waals surface area (Å²) in [6.45, 7) is 7.26. The summed E-state index contributed by atoms with van der Waals surface area (Å²) in [5.41, 5.74) is 4.71. The van der Waals surface area contributed by atoms with Gasteiger partial charge < -0.3 is 15.2 Å². The van der Waals surface area contributed by atoms with Gasteiger partial charge in [0.2, 0.25) is 0 Å². The molecule has 0 aromatic rings. The van der Waals surface area contributed by atoms with E-state index in [1.165, 1.54) is 0 Å². The Morgan fingerprint density at radius 1 is 1.50 bits per heavy atom. The van der Waals surface area contributed by atoms with E-state index in [9.17, 15) is 4.79 Å². The third kappa shape index (κ3) is 4.96. The van der Waals surface area contributed by atoms with Gasteiger partial charge in [0.15, 0.2) is 0 Å². The van der Waals surface area contributed by atoms with Crippen LogP contribution in [0, 0.1) is 0 Å². The summed E-state index contributed by atoms with van der Waals surface area (Å²) in [6.07, 6.45) is -0.827. The summed E-state index contributed by atoms with van der Waals surface area (Å²) in [6, 6.07) is 0. The van der Waals surface area contributed by atoms with Crippen LogP contribution >= 0.6 is 0 Å². The van der Waals surface area contributed by atoms with Crippen molar-refractivity contribution < 1.29 is 14.3 Å². The van der Waals surface area contributed by atoms with Crippen molar-refractivity contribution in [3.8, 4) is 0 Å². The lowest BCUT2D eigenvalue weighted by molar-refractivity contribution is -0.0240. The maximum atomic E-state index is 10.9. The largest absolute Gasteiger partial charge is 0.509 e. The molecule has 0 heterocycles. The van der Waals surface area contributed by atoms with Gasteiger partial charge in [-0.25, -0.2) is 4.79 Å². The average Bonchev–Trinajstić information content (AvgIpc) is 1.84. The SMILES string of the molecule is CC(C)OC(=O)OC(C)(C)CN. The Kier molecular flexibility index (Phi) is 4.03. The lowest BCUT2D eigenvalue weighted by Crippen LogP contribution is -2.37. The quantitative estimate of drug-likeness (QED) is 0.656. The van der Waals surface area contributed by atoms with Crippen LogP contribution in [0.1, 0.15) is 27.7 Å². The minimum atomic E-state index is -0.666. The topological polar surface area (TPSA) is 61.5 Å². The van der Waals surface area contributed by atoms with Crippen molar-refractivity contribution in [2.45, 2.75) is 39.4 Å². The van der Waals surface area contributed by atoms with Crippen molar-refractivity contribution >= 4 is 6.16 Å². The summed E-state index contributed by atoms with van der Waals surface area (Å²) in [4.78, 5) is 10.9. The van der Waals surface area contributed by atoms with Gasteiger partial charge in [-0.1, -0.05) is 0 Å². The van der Waals surface area contributed by atoms with Crippen LogP contribution in [0.2, 0.25) is 0 Å². The minimum absolute atomic E-state index is 0.161. The fourth-order valence-corrected chi connectivity index (χ4v) is 0.484. The monoisotopic (exact) mass is 175 g/mol. The second-order valence-electron chi connectivity index (χ2n) is 3.48. The number of nitrogens with two attached hydrogens (primary N) is 1. The molecular weight excluding hydrogens is 158 g/mol. The molecule has 4 heteroatoms. The molecule has 0 saturated heterocycles. The third-order valence-electron chi connectivity index (χ3n) is 1.18. The van der Waals surface area contributed by atoms with Gasteiger partial charge in [0.25, 0.3) is 0 Å². The predicted molar refractivity (Wildman–Crippen MR) is 45.8 cm³/mol. The first kappa shape index (κ1) is 11.2. The van der Waals surface area contributed by atoms with Gasteiger partial charge in [-0.15, -0.1) is 0 Å². The standard InChI is InChI=1S/C8H17NO3/c1-6(2)11-7(10)12-8(3,4)5-9/h6H,5,9H2,1-4H3. The van der Waals surface area contributed by atoms with Crippen LogP contribution in [0.15, 0.2) is 0 Å². The maximum Gasteiger partial charge on any atom is 0.509 e. The van der Waals surface area contributed by atoms with Crippen molar-refractivity contribution in [2.75, 3.05) is 6.54 Å². The zero-order chi connectivity index (χ0) is 9.78. The molecule has 0 amide bonds. The van der Waals surface area contributed by atoms with Crippen molar-refractivity contribution in [2.24, 2.45) is 5.73 Å². The molecule has 0 radical (unpaired) electrons. The van der Waals surface area contributed by atoms with Gasteiger partial charge in [0.1, 0.15) is 5.60 Å². The Balaban J connectivity index is 3.84. The zero-order valence-corrected chi connectivity index (χ0v) is 8.09. The van der Waals surface area contributed by atoms with E-state index in [1.54, 1.807) is 27.7 Å². The van der Waals surface area contributed by atoms with E-state index in [-0.39, 0.29) is 12.6 Å². The van der Waals surface area contributed by atoms with E-state index in [2.05, 4.69) is 0 Å². The average molecular weight is 175 g/mol. The van der Waals surface area contributed by atoms with E-state index < -0.39 is 11.8 Å². The second-order valence-corrected chi connectivity index (χ2v) is 3.48. The molecule has 0 bridgehead atoms. The normalized spacial score (nSPS) is 11.5. The van der Waals surface area contributed by atoms with Crippen LogP contribution in [0.3, 0.4) is 0 Å². The van der Waals surface area contributed by atoms with Gasteiger partial charge in [0.05, 0.1) is 6.10 Å². The highest BCUT2D eigenvalue weighted by Gasteiger charge is 2.22. The first-order valence-electron chi connectivity index (χ1n) is 3.97. The molecule has 0 aliphatic rings. The molecule has 72 valence electrons. The zero-order valence-electron chi connectivity index (χ0n) is 8.09. The van der Waals surface area contributed by atoms with Crippen LogP contribution in [0.5, 0.6) is 0 Å². The molecular formula is C8H17NO3. The van der Waals surface area contributed by atoms with Crippen LogP contribution in [0.4, 0.5) is 4.79 Å². The molecule has 0 fully saturated rings. The van der Waals surface area contributed by atoms with E-state index >= 15 is 0 Å². The lowest BCUT2D eigenvalue weighted by atomic mass is 10.1. The molecule has 0 atom stereocenters. The second kappa shape index (κ2) is 4.30. The van der Waals surface area contributed by atoms with Crippen LogP contribution in [0.25, 0.3) is 0 Å². The summed E-state index contributed by atoms with van der Waals surface area (Å²) in [5, 5.41) is 0. The van der Waals surface area contributed by atoms with E-state index in [0.29, 0.717) is 0 Å². The lowest BCUT2D eigenvalue weighted by Gasteiger charge is -2.22. The molecule has 0 unspecified atom stereocenters. The smallest absolute Gasteiger partial charge is 0.432 e. The molecule has 12 heavy (non-hydrogen) atoms. The Morgan fingerprint density at radius 2 is 2.00 bits per heavy atom. The van der Waals surface area contributed by atoms with E-state index in [0.717, 1.165) is 0 Å². The molecule has 0 aliphatic carbocycles. The maximum absolute atomic E-state index is 10.9. The highest BCUT2D eigenvalue weighted by atomic mass is 16.7. The highest BCUT2D eigenvalue weighted by Crippen LogP contribution is 2.08. The van der Waals surface area contributed by atoms with Crippen molar-refractivity contribution in [1.29, 1.82) is 0 Å². The van der Waals surface area contributed by atoms with Gasteiger partial charge >= 0.3 is 6.16 Å². The molecule has 4 nitrogen and oxygen atoms in total. The van der Waals surface area contributed by atoms with Gasteiger partial charge in [-0.3, -0.25) is 0 Å². The van der Waals surface area contributed by atoms with Crippen LogP contribution in [-0.4, -0.2) is 24.4 Å². The third-order valence-corrected chi connectivity index (χ3v) is 1.18. The van der Waals surface area contributed by atoms with Crippen molar-refractivity contribution in [3.63, 3.8) is 0 Å². The fourth-order valence-electron chi connectivity index (χ4n) is 0.484. The first-order chi connectivity index (χ1) is 5.37. The number of carbonyl (C=O) groups excluding carboxylic acids is 1. The Hall–Kier alpha value is -0.770. The van der Waals surface area contributed by atoms with Crippen LogP contribution < -0.4 is 5.73 Å². The summed E-state index contributed by atoms with van der Waals surface area (Å²) >= 11 is 0. The minimum Gasteiger partial charge on any atom is -0.432 e. The summed E-state index contributed by atoms with van der Waals surface area (Å²) in [5.74, 6) is 0. The Labute approximate surface area is 73.0 Å². The first-order valence-corrected chi connectivity index (χ1v) is 3.97. The molecule has 2 N–H and O–H groups in total. The number of ether oxygens (including phenoxy) is 2. The number of rotatable bonds is 3. The molecule has 0 saturated carbocycles. The van der Waals surface area contributed by atoms with E-state index in [4.69, 9.17) is 15.2 Å². The number of hydrogen-bond acceptors (Lipinski definition) is 4. The number of carbonyl (C=O) groups is 1. The molecule has 0 aliphatic heterocycles. The highest BCUT2D eigenvalue weighted by molar-refractivity contribution is 5.60. The van der Waals surface area contributed by atoms with Crippen molar-refractivity contribution in [3.05, 3.63) is 0 Å². The van der Waals surface area contributed by atoms with Gasteiger partial charge in [-0.2, -0.15) is 0 Å². The number of hydrogen-bond donors (Lipinski definition) is 1. The molecule has 0 aromatic heterocycles. The van der Waals surface area contributed by atoms with Crippen molar-refractivity contribution in [1.82, 2.24) is 0 Å². The van der Waals surface area contributed by atoms with Gasteiger partial charge in [0, 0.05) is 6.54 Å².